The smallest absolute Gasteiger partial charge is 0.319 e. The fourth-order valence-electron chi connectivity index (χ4n) is 3.70. The topological polar surface area (TPSA) is 91.0 Å². The van der Waals surface area contributed by atoms with Gasteiger partial charge in [-0.2, -0.15) is 10.4 Å². The standard InChI is InChI=1S/C22H17F2N5O2/c1-13-16(11-25)19(29(27-13)15-6-4-3-5-7-15)12-28-20(30)22(2,26-21(28)31)17-10-14(23)8-9-18(17)24/h3-10H,12H2,1-2H3,(H,26,31). The monoisotopic (exact) mass is 421 g/mol. The predicted molar refractivity (Wildman–Crippen MR) is 106 cm³/mol. The molecule has 1 saturated heterocycles. The number of nitrogens with one attached hydrogen (secondary N) is 1. The molecule has 31 heavy (non-hydrogen) atoms. The van der Waals surface area contributed by atoms with Crippen molar-refractivity contribution < 1.29 is 18.4 Å². The van der Waals surface area contributed by atoms with E-state index >= 15 is 0 Å². The molecule has 0 spiro atoms. The van der Waals surface area contributed by atoms with Crippen molar-refractivity contribution in [3.8, 4) is 11.8 Å². The highest BCUT2D eigenvalue weighted by molar-refractivity contribution is 6.07. The van der Waals surface area contributed by atoms with Crippen molar-refractivity contribution in [2.75, 3.05) is 0 Å². The molecule has 1 N–H and O–H groups in total. The lowest BCUT2D eigenvalue weighted by Crippen LogP contribution is -2.41. The Kier molecular flexibility index (Phi) is 4.78. The zero-order chi connectivity index (χ0) is 22.3. The molecule has 0 saturated carbocycles. The van der Waals surface area contributed by atoms with E-state index in [4.69, 9.17) is 0 Å². The molecule has 7 nitrogen and oxygen atoms in total. The molecule has 1 aliphatic rings. The van der Waals surface area contributed by atoms with E-state index in [1.165, 1.54) is 11.6 Å². The van der Waals surface area contributed by atoms with Crippen LogP contribution in [0.4, 0.5) is 13.6 Å². The van der Waals surface area contributed by atoms with Crippen LogP contribution in [0.1, 0.15) is 29.4 Å². The molecule has 1 unspecified atom stereocenters. The highest BCUT2D eigenvalue weighted by atomic mass is 19.1. The van der Waals surface area contributed by atoms with Crippen LogP contribution in [0.15, 0.2) is 48.5 Å². The molecule has 1 fully saturated rings. The lowest BCUT2D eigenvalue weighted by atomic mass is 9.91. The maximum atomic E-state index is 14.4. The van der Waals surface area contributed by atoms with Crippen LogP contribution in [-0.2, 0) is 16.9 Å². The van der Waals surface area contributed by atoms with Crippen molar-refractivity contribution in [3.63, 3.8) is 0 Å². The van der Waals surface area contributed by atoms with Crippen molar-refractivity contribution in [1.82, 2.24) is 20.0 Å². The van der Waals surface area contributed by atoms with Crippen LogP contribution in [-0.4, -0.2) is 26.6 Å². The fourth-order valence-corrected chi connectivity index (χ4v) is 3.70. The van der Waals surface area contributed by atoms with Gasteiger partial charge in [0.2, 0.25) is 0 Å². The van der Waals surface area contributed by atoms with E-state index in [1.54, 1.807) is 31.2 Å². The molecule has 1 atom stereocenters. The van der Waals surface area contributed by atoms with Gasteiger partial charge >= 0.3 is 6.03 Å². The first-order valence-corrected chi connectivity index (χ1v) is 9.40. The summed E-state index contributed by atoms with van der Waals surface area (Å²) in [5.74, 6) is -2.31. The van der Waals surface area contributed by atoms with Crippen LogP contribution in [0.25, 0.3) is 5.69 Å². The summed E-state index contributed by atoms with van der Waals surface area (Å²) in [6, 6.07) is 13.0. The van der Waals surface area contributed by atoms with Gasteiger partial charge in [-0.3, -0.25) is 9.69 Å². The molecular weight excluding hydrogens is 404 g/mol. The van der Waals surface area contributed by atoms with E-state index in [2.05, 4.69) is 16.5 Å². The summed E-state index contributed by atoms with van der Waals surface area (Å²) in [6.07, 6.45) is 0. The summed E-state index contributed by atoms with van der Waals surface area (Å²) in [6.45, 7) is 2.70. The lowest BCUT2D eigenvalue weighted by Gasteiger charge is -2.23. The molecule has 2 heterocycles. The number of hydrogen-bond acceptors (Lipinski definition) is 4. The molecule has 4 rings (SSSR count). The van der Waals surface area contributed by atoms with Crippen LogP contribution in [0.5, 0.6) is 0 Å². The van der Waals surface area contributed by atoms with Crippen LogP contribution >= 0.6 is 0 Å². The number of para-hydroxylation sites is 1. The largest absolute Gasteiger partial charge is 0.325 e. The molecular formula is C22H17F2N5O2. The Balaban J connectivity index is 1.76. The third-order valence-corrected chi connectivity index (χ3v) is 5.32. The van der Waals surface area contributed by atoms with Gasteiger partial charge < -0.3 is 5.32 Å². The Hall–Kier alpha value is -4.06. The van der Waals surface area contributed by atoms with E-state index in [1.807, 2.05) is 6.07 Å². The average Bonchev–Trinajstić information content (AvgIpc) is 3.19. The lowest BCUT2D eigenvalue weighted by molar-refractivity contribution is -0.131. The number of nitriles is 1. The SMILES string of the molecule is Cc1nn(-c2ccccc2)c(CN2C(=O)NC(C)(c3cc(F)ccc3F)C2=O)c1C#N. The van der Waals surface area contributed by atoms with Gasteiger partial charge in [0, 0.05) is 5.56 Å². The second kappa shape index (κ2) is 7.32. The molecule has 1 aliphatic heterocycles. The van der Waals surface area contributed by atoms with E-state index < -0.39 is 29.1 Å². The zero-order valence-corrected chi connectivity index (χ0v) is 16.7. The van der Waals surface area contributed by atoms with Crippen molar-refractivity contribution in [1.29, 1.82) is 5.26 Å². The third kappa shape index (κ3) is 3.22. The van der Waals surface area contributed by atoms with Gasteiger partial charge in [0.15, 0.2) is 0 Å². The quantitative estimate of drug-likeness (QED) is 0.655. The number of aryl methyl sites for hydroxylation is 1. The molecule has 3 aromatic rings. The van der Waals surface area contributed by atoms with Crippen molar-refractivity contribution in [2.45, 2.75) is 25.9 Å². The number of halogens is 2. The number of imide groups is 1. The summed E-state index contributed by atoms with van der Waals surface area (Å²) in [7, 11) is 0. The molecule has 3 amide bonds. The normalized spacial score (nSPS) is 18.2. The number of amides is 3. The number of carbonyl (C=O) groups excluding carboxylic acids is 2. The number of benzene rings is 2. The van der Waals surface area contributed by atoms with Gasteiger partial charge in [-0.05, 0) is 44.2 Å². The Morgan fingerprint density at radius 2 is 1.87 bits per heavy atom. The minimum atomic E-state index is -1.79. The summed E-state index contributed by atoms with van der Waals surface area (Å²) >= 11 is 0. The van der Waals surface area contributed by atoms with Crippen LogP contribution < -0.4 is 5.32 Å². The Morgan fingerprint density at radius 1 is 1.16 bits per heavy atom. The number of aromatic nitrogens is 2. The minimum absolute atomic E-state index is 0.231. The predicted octanol–water partition coefficient (Wildman–Crippen LogP) is 3.30. The Morgan fingerprint density at radius 3 is 2.55 bits per heavy atom. The molecule has 9 heteroatoms. The summed E-state index contributed by atoms with van der Waals surface area (Å²) in [5.41, 5.74) is -0.418. The number of hydrogen-bond donors (Lipinski definition) is 1. The van der Waals surface area contributed by atoms with Crippen molar-refractivity contribution in [2.24, 2.45) is 0 Å². The van der Waals surface area contributed by atoms with E-state index in [-0.39, 0.29) is 17.7 Å². The fraction of sp³-hybridized carbons (Fsp3) is 0.182. The first-order chi connectivity index (χ1) is 14.8. The first-order valence-electron chi connectivity index (χ1n) is 9.40. The molecule has 156 valence electrons. The number of rotatable bonds is 4. The maximum Gasteiger partial charge on any atom is 0.325 e. The third-order valence-electron chi connectivity index (χ3n) is 5.32. The second-order valence-corrected chi connectivity index (χ2v) is 7.34. The number of urea groups is 1. The Bertz CT molecular complexity index is 1250. The highest BCUT2D eigenvalue weighted by Crippen LogP contribution is 2.32. The van der Waals surface area contributed by atoms with Gasteiger partial charge in [0.1, 0.15) is 23.2 Å². The average molecular weight is 421 g/mol. The number of nitrogens with zero attached hydrogens (tertiary/aromatic N) is 4. The van der Waals surface area contributed by atoms with E-state index in [0.717, 1.165) is 23.1 Å². The molecule has 0 radical (unpaired) electrons. The second-order valence-electron chi connectivity index (χ2n) is 7.34. The Labute approximate surface area is 176 Å². The number of carbonyl (C=O) groups is 2. The zero-order valence-electron chi connectivity index (χ0n) is 16.7. The van der Waals surface area contributed by atoms with Crippen LogP contribution in [0.3, 0.4) is 0 Å². The minimum Gasteiger partial charge on any atom is -0.319 e. The van der Waals surface area contributed by atoms with Crippen LogP contribution in [0.2, 0.25) is 0 Å². The van der Waals surface area contributed by atoms with Crippen LogP contribution in [0, 0.1) is 29.9 Å². The summed E-state index contributed by atoms with van der Waals surface area (Å²) in [5, 5.41) is 16.4. The molecule has 2 aromatic carbocycles. The van der Waals surface area contributed by atoms with E-state index in [9.17, 15) is 23.6 Å². The van der Waals surface area contributed by atoms with Gasteiger partial charge in [-0.25, -0.2) is 18.3 Å². The van der Waals surface area contributed by atoms with Crippen molar-refractivity contribution in [3.05, 3.63) is 82.7 Å². The first kappa shape index (κ1) is 20.2. The molecule has 0 bridgehead atoms. The van der Waals surface area contributed by atoms with Gasteiger partial charge in [0.25, 0.3) is 5.91 Å². The maximum absolute atomic E-state index is 14.4. The van der Waals surface area contributed by atoms with Gasteiger partial charge in [-0.15, -0.1) is 0 Å². The van der Waals surface area contributed by atoms with Gasteiger partial charge in [0.05, 0.1) is 29.2 Å². The highest BCUT2D eigenvalue weighted by Gasteiger charge is 2.50. The molecule has 0 aliphatic carbocycles. The molecule has 1 aromatic heterocycles. The van der Waals surface area contributed by atoms with Gasteiger partial charge in [-0.1, -0.05) is 18.2 Å². The van der Waals surface area contributed by atoms with Crippen molar-refractivity contribution >= 4 is 11.9 Å². The van der Waals surface area contributed by atoms with E-state index in [0.29, 0.717) is 17.1 Å². The summed E-state index contributed by atoms with van der Waals surface area (Å²) in [4.78, 5) is 26.8. The summed E-state index contributed by atoms with van der Waals surface area (Å²) < 4.78 is 29.6.